The van der Waals surface area contributed by atoms with Gasteiger partial charge in [0.25, 0.3) is 0 Å². The van der Waals surface area contributed by atoms with Crippen LogP contribution in [0, 0.1) is 23.7 Å². The number of likely N-dealkylation sites (tertiary alicyclic amines) is 1. The molecule has 0 bridgehead atoms. The molecule has 212 valence electrons. The second-order valence-corrected chi connectivity index (χ2v) is 8.90. The Kier molecular flexibility index (Phi) is 12.8. The molecule has 9 heteroatoms. The van der Waals surface area contributed by atoms with Crippen LogP contribution in [-0.4, -0.2) is 83.4 Å². The second kappa shape index (κ2) is 16.8. The van der Waals surface area contributed by atoms with Crippen LogP contribution in [0.1, 0.15) is 18.4 Å². The zero-order chi connectivity index (χ0) is 28.6. The highest BCUT2D eigenvalue weighted by molar-refractivity contribution is 5.87. The molecule has 1 amide bonds. The number of nitrogens with zero attached hydrogens (tertiary/aromatic N) is 2. The molecule has 0 aliphatic carbocycles. The summed E-state index contributed by atoms with van der Waals surface area (Å²) in [5.41, 5.74) is 2.09. The van der Waals surface area contributed by atoms with Crippen LogP contribution in [0.4, 0.5) is 0 Å². The van der Waals surface area contributed by atoms with E-state index in [9.17, 15) is 10.1 Å². The number of carbonyl (C=O) groups is 1. The Morgan fingerprint density at radius 2 is 1.73 bits per heavy atom. The van der Waals surface area contributed by atoms with Crippen molar-refractivity contribution >= 4 is 5.91 Å². The molecule has 0 aromatic heterocycles. The summed E-state index contributed by atoms with van der Waals surface area (Å²) < 4.78 is 33.7. The van der Waals surface area contributed by atoms with E-state index in [1.54, 1.807) is 30.2 Å². The first kappa shape index (κ1) is 30.5. The Hall–Kier alpha value is -4.02. The zero-order valence-corrected chi connectivity index (χ0v) is 22.9. The molecule has 0 atom stereocenters. The lowest BCUT2D eigenvalue weighted by Gasteiger charge is -2.31. The minimum absolute atomic E-state index is 0.0463. The highest BCUT2D eigenvalue weighted by atomic mass is 16.6. The molecule has 2 aromatic carbocycles. The van der Waals surface area contributed by atoms with E-state index in [0.717, 1.165) is 11.1 Å². The number of amides is 1. The molecule has 1 aliphatic heterocycles. The van der Waals surface area contributed by atoms with Gasteiger partial charge in [-0.25, -0.2) is 0 Å². The van der Waals surface area contributed by atoms with Crippen molar-refractivity contribution in [1.29, 1.82) is 5.26 Å². The van der Waals surface area contributed by atoms with Crippen LogP contribution in [0.3, 0.4) is 0 Å². The van der Waals surface area contributed by atoms with Crippen LogP contribution in [0.5, 0.6) is 17.2 Å². The molecule has 40 heavy (non-hydrogen) atoms. The molecule has 0 radical (unpaired) electrons. The molecule has 1 fully saturated rings. The van der Waals surface area contributed by atoms with Crippen LogP contribution >= 0.6 is 0 Å². The molecule has 0 N–H and O–H groups in total. The molecule has 0 spiro atoms. The molecule has 1 saturated heterocycles. The average Bonchev–Trinajstić information content (AvgIpc) is 2.99. The van der Waals surface area contributed by atoms with Crippen LogP contribution in [0.2, 0.25) is 0 Å². The quantitative estimate of drug-likeness (QED) is 0.177. The highest BCUT2D eigenvalue weighted by Gasteiger charge is 2.23. The summed E-state index contributed by atoms with van der Waals surface area (Å²) in [6.07, 6.45) is 7.81. The third-order valence-electron chi connectivity index (χ3n) is 6.18. The number of methoxy groups -OCH3 is 1. The molecule has 1 aliphatic rings. The first-order valence-corrected chi connectivity index (χ1v) is 13.2. The SMILES string of the molecule is C#CCOCCOCCOCCOc1ccc(-c2cc(C#N)cc(OC3CCN(C(=O)C=C)CC3)c2)c(OC)c1. The smallest absolute Gasteiger partial charge is 0.245 e. The number of nitriles is 1. The Labute approximate surface area is 236 Å². The van der Waals surface area contributed by atoms with Crippen molar-refractivity contribution in [3.63, 3.8) is 0 Å². The molecule has 1 heterocycles. The van der Waals surface area contributed by atoms with E-state index in [1.807, 2.05) is 18.2 Å². The van der Waals surface area contributed by atoms with Crippen molar-refractivity contribution < 1.29 is 33.2 Å². The number of hydrogen-bond acceptors (Lipinski definition) is 8. The lowest BCUT2D eigenvalue weighted by molar-refractivity contribution is -0.127. The number of benzene rings is 2. The Morgan fingerprint density at radius 1 is 1.02 bits per heavy atom. The van der Waals surface area contributed by atoms with E-state index in [1.165, 1.54) is 6.08 Å². The maximum absolute atomic E-state index is 11.8. The third-order valence-corrected chi connectivity index (χ3v) is 6.18. The van der Waals surface area contributed by atoms with E-state index in [2.05, 4.69) is 18.6 Å². The monoisotopic (exact) mass is 548 g/mol. The normalized spacial score (nSPS) is 13.2. The van der Waals surface area contributed by atoms with Gasteiger partial charge in [0.05, 0.1) is 51.8 Å². The fraction of sp³-hybridized carbons (Fsp3) is 0.419. The van der Waals surface area contributed by atoms with Crippen molar-refractivity contribution in [2.45, 2.75) is 18.9 Å². The number of hydrogen-bond donors (Lipinski definition) is 0. The summed E-state index contributed by atoms with van der Waals surface area (Å²) in [5.74, 6) is 4.18. The molecular weight excluding hydrogens is 512 g/mol. The fourth-order valence-corrected chi connectivity index (χ4v) is 4.19. The Bertz CT molecular complexity index is 1190. The minimum atomic E-state index is -0.0663. The fourth-order valence-electron chi connectivity index (χ4n) is 4.19. The van der Waals surface area contributed by atoms with Crippen molar-refractivity contribution in [3.8, 4) is 46.8 Å². The maximum Gasteiger partial charge on any atom is 0.245 e. The lowest BCUT2D eigenvalue weighted by atomic mass is 10.0. The summed E-state index contributed by atoms with van der Waals surface area (Å²) in [5, 5.41) is 9.62. The second-order valence-electron chi connectivity index (χ2n) is 8.90. The van der Waals surface area contributed by atoms with Crippen LogP contribution in [0.15, 0.2) is 49.1 Å². The average molecular weight is 549 g/mol. The third kappa shape index (κ3) is 9.62. The largest absolute Gasteiger partial charge is 0.496 e. The van der Waals surface area contributed by atoms with Gasteiger partial charge < -0.3 is 33.3 Å². The molecule has 3 rings (SSSR count). The van der Waals surface area contributed by atoms with Gasteiger partial charge in [-0.3, -0.25) is 4.79 Å². The number of terminal acetylenes is 1. The number of rotatable bonds is 16. The van der Waals surface area contributed by atoms with Crippen molar-refractivity contribution in [2.24, 2.45) is 0 Å². The maximum atomic E-state index is 11.8. The van der Waals surface area contributed by atoms with Gasteiger partial charge in [0, 0.05) is 37.6 Å². The van der Waals surface area contributed by atoms with Gasteiger partial charge in [-0.1, -0.05) is 12.5 Å². The number of carbonyl (C=O) groups excluding carboxylic acids is 1. The van der Waals surface area contributed by atoms with Crippen molar-refractivity contribution in [3.05, 3.63) is 54.6 Å². The summed E-state index contributed by atoms with van der Waals surface area (Å²) >= 11 is 0. The minimum Gasteiger partial charge on any atom is -0.496 e. The summed E-state index contributed by atoms with van der Waals surface area (Å²) in [6, 6.07) is 13.2. The van der Waals surface area contributed by atoms with Gasteiger partial charge in [-0.05, 0) is 42.0 Å². The van der Waals surface area contributed by atoms with Crippen molar-refractivity contribution in [1.82, 2.24) is 4.90 Å². The first-order chi connectivity index (χ1) is 19.6. The Balaban J connectivity index is 1.53. The standard InChI is InChI=1S/C31H36N2O7/c1-4-12-36-13-14-37-15-16-38-17-18-39-27-6-7-29(30(22-27)35-3)25-19-24(23-32)20-28(21-25)40-26-8-10-33(11-9-26)31(34)5-2/h1,5-7,19-22,26H,2,8-18H2,3H3. The van der Waals surface area contributed by atoms with Crippen molar-refractivity contribution in [2.75, 3.05) is 66.4 Å². The van der Waals surface area contributed by atoms with Crippen LogP contribution in [-0.2, 0) is 19.0 Å². The molecule has 0 saturated carbocycles. The van der Waals surface area contributed by atoms with Gasteiger partial charge in [0.1, 0.15) is 36.6 Å². The van der Waals surface area contributed by atoms with Gasteiger partial charge in [0.2, 0.25) is 5.91 Å². The first-order valence-electron chi connectivity index (χ1n) is 13.2. The van der Waals surface area contributed by atoms with Gasteiger partial charge in [-0.2, -0.15) is 5.26 Å². The molecule has 0 unspecified atom stereocenters. The summed E-state index contributed by atoms with van der Waals surface area (Å²) in [6.45, 7) is 7.67. The van der Waals surface area contributed by atoms with E-state index in [0.29, 0.717) is 88.4 Å². The lowest BCUT2D eigenvalue weighted by Crippen LogP contribution is -2.41. The molecule has 2 aromatic rings. The number of ether oxygens (including phenoxy) is 6. The van der Waals surface area contributed by atoms with Gasteiger partial charge in [-0.15, -0.1) is 6.42 Å². The summed E-state index contributed by atoms with van der Waals surface area (Å²) in [7, 11) is 1.59. The van der Waals surface area contributed by atoms with Crippen LogP contribution < -0.4 is 14.2 Å². The van der Waals surface area contributed by atoms with E-state index in [4.69, 9.17) is 34.8 Å². The van der Waals surface area contributed by atoms with Gasteiger partial charge in [0.15, 0.2) is 0 Å². The van der Waals surface area contributed by atoms with Gasteiger partial charge >= 0.3 is 0 Å². The van der Waals surface area contributed by atoms with E-state index in [-0.39, 0.29) is 18.6 Å². The Morgan fingerprint density at radius 3 is 2.38 bits per heavy atom. The zero-order valence-electron chi connectivity index (χ0n) is 22.9. The molecule has 9 nitrogen and oxygen atoms in total. The topological polar surface area (TPSA) is 99.5 Å². The van der Waals surface area contributed by atoms with E-state index >= 15 is 0 Å². The summed E-state index contributed by atoms with van der Waals surface area (Å²) in [4.78, 5) is 13.6. The number of piperidine rings is 1. The van der Waals surface area contributed by atoms with Crippen LogP contribution in [0.25, 0.3) is 11.1 Å². The highest BCUT2D eigenvalue weighted by Crippen LogP contribution is 2.36. The van der Waals surface area contributed by atoms with E-state index < -0.39 is 0 Å². The molecular formula is C31H36N2O7. The predicted octanol–water partition coefficient (Wildman–Crippen LogP) is 3.85. The predicted molar refractivity (Wildman–Crippen MR) is 150 cm³/mol.